The van der Waals surface area contributed by atoms with Gasteiger partial charge in [-0.15, -0.1) is 0 Å². The second kappa shape index (κ2) is 9.34. The minimum Gasteiger partial charge on any atom is -0.379 e. The summed E-state index contributed by atoms with van der Waals surface area (Å²) in [5.74, 6) is 1.21. The molecule has 6 rings (SSSR count). The first-order chi connectivity index (χ1) is 16.8. The Morgan fingerprint density at radius 1 is 1.26 bits per heavy atom. The zero-order chi connectivity index (χ0) is 24.8. The van der Waals surface area contributed by atoms with E-state index in [9.17, 15) is 4.79 Å². The fraction of sp³-hybridized carbons (Fsp3) is 0.643. The molecule has 3 heterocycles. The van der Waals surface area contributed by atoms with Crippen LogP contribution >= 0.6 is 0 Å². The maximum atomic E-state index is 11.1. The van der Waals surface area contributed by atoms with E-state index in [1.54, 1.807) is 7.11 Å². The Morgan fingerprint density at radius 3 is 2.66 bits per heavy atom. The van der Waals surface area contributed by atoms with Crippen molar-refractivity contribution in [1.82, 2.24) is 25.1 Å². The van der Waals surface area contributed by atoms with E-state index in [1.807, 2.05) is 39.0 Å². The van der Waals surface area contributed by atoms with Crippen LogP contribution in [0, 0.1) is 12.3 Å². The second-order valence-corrected chi connectivity index (χ2v) is 11.5. The number of methoxy groups -OCH3 is 1. The van der Waals surface area contributed by atoms with Gasteiger partial charge in [0, 0.05) is 62.4 Å². The van der Waals surface area contributed by atoms with Crippen molar-refractivity contribution in [2.75, 3.05) is 20.2 Å². The highest BCUT2D eigenvalue weighted by atomic mass is 16.5. The van der Waals surface area contributed by atoms with E-state index in [0.717, 1.165) is 51.0 Å². The molecule has 35 heavy (non-hydrogen) atoms. The van der Waals surface area contributed by atoms with Gasteiger partial charge in [0.15, 0.2) is 0 Å². The molecule has 1 spiro atoms. The third kappa shape index (κ3) is 4.32. The Labute approximate surface area is 209 Å². The number of carbonyl (C=O) groups is 1. The highest BCUT2D eigenvalue weighted by molar-refractivity contribution is 5.47. The molecule has 2 aliphatic heterocycles. The van der Waals surface area contributed by atoms with E-state index in [1.165, 1.54) is 35.6 Å². The molecular formula is C28H41N5O2. The molecule has 2 aromatic rings. The molecule has 190 valence electrons. The number of ether oxygens (including phenoxy) is 1. The van der Waals surface area contributed by atoms with Crippen LogP contribution in [0.1, 0.15) is 74.9 Å². The van der Waals surface area contributed by atoms with Gasteiger partial charge in [0.2, 0.25) is 6.41 Å². The topological polar surface area (TPSA) is 71.4 Å². The van der Waals surface area contributed by atoms with Crippen molar-refractivity contribution in [3.8, 4) is 0 Å². The molecule has 4 aliphatic rings. The Morgan fingerprint density at radius 2 is 2.00 bits per heavy atom. The summed E-state index contributed by atoms with van der Waals surface area (Å²) in [4.78, 5) is 18.7. The number of benzene rings is 1. The van der Waals surface area contributed by atoms with Gasteiger partial charge in [-0.25, -0.2) is 4.98 Å². The van der Waals surface area contributed by atoms with Gasteiger partial charge in [-0.1, -0.05) is 30.3 Å². The van der Waals surface area contributed by atoms with Crippen LogP contribution < -0.4 is 10.6 Å². The molecule has 7 nitrogen and oxygen atoms in total. The number of hydrogen-bond acceptors (Lipinski definition) is 5. The van der Waals surface area contributed by atoms with E-state index in [2.05, 4.69) is 39.2 Å². The van der Waals surface area contributed by atoms with E-state index in [0.29, 0.717) is 11.5 Å². The number of aryl methyl sites for hydroxylation is 1. The van der Waals surface area contributed by atoms with Crippen LogP contribution in [0.3, 0.4) is 0 Å². The first-order valence-electron chi connectivity index (χ1n) is 13.1. The summed E-state index contributed by atoms with van der Waals surface area (Å²) in [5, 5.41) is 6.47. The lowest BCUT2D eigenvalue weighted by atomic mass is 9.64. The molecule has 2 saturated carbocycles. The quantitative estimate of drug-likeness (QED) is 0.595. The number of imidazole rings is 1. The Bertz CT molecular complexity index is 1050. The fourth-order valence-electron chi connectivity index (χ4n) is 6.64. The van der Waals surface area contributed by atoms with E-state index in [4.69, 9.17) is 9.72 Å². The molecule has 1 aromatic carbocycles. The van der Waals surface area contributed by atoms with Crippen molar-refractivity contribution in [2.45, 2.75) is 89.7 Å². The van der Waals surface area contributed by atoms with Crippen LogP contribution in [0.4, 0.5) is 0 Å². The Balaban J connectivity index is 0.000000380. The lowest BCUT2D eigenvalue weighted by Gasteiger charge is -2.61. The molecule has 1 amide bonds. The molecule has 0 radical (unpaired) electrons. The number of nitrogens with zero attached hydrogens (tertiary/aromatic N) is 3. The van der Waals surface area contributed by atoms with Gasteiger partial charge in [0.05, 0.1) is 17.3 Å². The predicted octanol–water partition coefficient (Wildman–Crippen LogP) is 3.53. The number of amides is 1. The molecule has 5 unspecified atom stereocenters. The van der Waals surface area contributed by atoms with Gasteiger partial charge < -0.3 is 19.9 Å². The van der Waals surface area contributed by atoms with Crippen LogP contribution in [0.25, 0.3) is 0 Å². The molecule has 3 fully saturated rings. The number of likely N-dealkylation sites (tertiary alicyclic amines) is 1. The van der Waals surface area contributed by atoms with E-state index >= 15 is 0 Å². The summed E-state index contributed by atoms with van der Waals surface area (Å²) < 4.78 is 7.54. The maximum absolute atomic E-state index is 11.1. The maximum Gasteiger partial charge on any atom is 0.207 e. The zero-order valence-electron chi connectivity index (χ0n) is 21.9. The van der Waals surface area contributed by atoms with Gasteiger partial charge in [-0.05, 0) is 52.5 Å². The van der Waals surface area contributed by atoms with Crippen molar-refractivity contribution in [3.63, 3.8) is 0 Å². The Hall–Kier alpha value is -2.22. The normalized spacial score (nSPS) is 29.2. The second-order valence-electron chi connectivity index (χ2n) is 11.5. The molecule has 2 aliphatic carbocycles. The highest BCUT2D eigenvalue weighted by Gasteiger charge is 2.81. The van der Waals surface area contributed by atoms with Crippen molar-refractivity contribution in [3.05, 3.63) is 53.1 Å². The number of carbonyl (C=O) groups excluding carboxylic acids is 1. The number of aromatic nitrogens is 2. The van der Waals surface area contributed by atoms with Gasteiger partial charge in [0.25, 0.3) is 0 Å². The number of nitrogens with one attached hydrogen (secondary N) is 2. The van der Waals surface area contributed by atoms with Crippen LogP contribution in [-0.2, 0) is 22.5 Å². The number of rotatable bonds is 7. The first-order valence-corrected chi connectivity index (χ1v) is 13.1. The average molecular weight is 480 g/mol. The first kappa shape index (κ1) is 24.5. The van der Waals surface area contributed by atoms with Crippen molar-refractivity contribution in [2.24, 2.45) is 5.41 Å². The molecule has 5 atom stereocenters. The lowest BCUT2D eigenvalue weighted by molar-refractivity contribution is -0.113. The van der Waals surface area contributed by atoms with E-state index in [-0.39, 0.29) is 11.6 Å². The summed E-state index contributed by atoms with van der Waals surface area (Å²) in [7, 11) is 1.71. The lowest BCUT2D eigenvalue weighted by Crippen LogP contribution is -2.67. The van der Waals surface area contributed by atoms with Crippen LogP contribution in [0.2, 0.25) is 0 Å². The van der Waals surface area contributed by atoms with E-state index < -0.39 is 0 Å². The molecule has 2 N–H and O–H groups in total. The summed E-state index contributed by atoms with van der Waals surface area (Å²) in [6, 6.07) is 12.6. The predicted molar refractivity (Wildman–Crippen MR) is 137 cm³/mol. The van der Waals surface area contributed by atoms with Gasteiger partial charge in [-0.3, -0.25) is 9.69 Å². The summed E-state index contributed by atoms with van der Waals surface area (Å²) >= 11 is 0. The Kier molecular flexibility index (Phi) is 6.53. The summed E-state index contributed by atoms with van der Waals surface area (Å²) in [6.45, 7) is 11.3. The minimum atomic E-state index is 0.0417. The number of fused-ring (bicyclic) bond motifs is 1. The number of hydrogen-bond donors (Lipinski definition) is 2. The fourth-order valence-corrected chi connectivity index (χ4v) is 6.64. The standard InChI is InChI=1S/C23H29N5O.C5H12O/c1-15-26-18-13-24-9-7-19(18)28(15)21-11-20-23(21)12-22(23)27(20)10-8-17(25-14-29)16-5-3-2-4-6-16;1-5(2,3)6-4/h2-6,14,17,20-22,24H,7-13H2,1H3,(H,25,29);1-4H3. The zero-order valence-corrected chi connectivity index (χ0v) is 21.9. The van der Waals surface area contributed by atoms with Gasteiger partial charge in [-0.2, -0.15) is 0 Å². The summed E-state index contributed by atoms with van der Waals surface area (Å²) in [5.41, 5.74) is 4.52. The SMILES string of the molecule is COC(C)(C)C.Cc1nc2c(n1C1CC3N(CCC(NC=O)c4ccccc4)C4CC341)CCNC2. The number of piperidine rings is 1. The molecule has 1 saturated heterocycles. The minimum absolute atomic E-state index is 0.0417. The molecule has 7 heteroatoms. The van der Waals surface area contributed by atoms with Crippen molar-refractivity contribution in [1.29, 1.82) is 0 Å². The van der Waals surface area contributed by atoms with Gasteiger partial charge >= 0.3 is 0 Å². The average Bonchev–Trinajstić information content (AvgIpc) is 3.49. The molecule has 1 aromatic heterocycles. The molecular weight excluding hydrogens is 438 g/mol. The van der Waals surface area contributed by atoms with Crippen LogP contribution in [0.5, 0.6) is 0 Å². The van der Waals surface area contributed by atoms with Crippen LogP contribution in [0.15, 0.2) is 30.3 Å². The van der Waals surface area contributed by atoms with Crippen molar-refractivity contribution < 1.29 is 9.53 Å². The smallest absolute Gasteiger partial charge is 0.207 e. The van der Waals surface area contributed by atoms with Crippen molar-refractivity contribution >= 4 is 6.41 Å². The van der Waals surface area contributed by atoms with Crippen LogP contribution in [-0.4, -0.2) is 58.7 Å². The summed E-state index contributed by atoms with van der Waals surface area (Å²) in [6.07, 6.45) is 5.52. The van der Waals surface area contributed by atoms with Gasteiger partial charge in [0.1, 0.15) is 5.82 Å². The third-order valence-electron chi connectivity index (χ3n) is 8.67. The highest BCUT2D eigenvalue weighted by Crippen LogP contribution is 2.78. The molecule has 0 bridgehead atoms. The largest absolute Gasteiger partial charge is 0.379 e. The monoisotopic (exact) mass is 479 g/mol. The third-order valence-corrected chi connectivity index (χ3v) is 8.67.